The lowest BCUT2D eigenvalue weighted by atomic mass is 10.2. The highest BCUT2D eigenvalue weighted by Gasteiger charge is 2.30. The Morgan fingerprint density at radius 1 is 1.33 bits per heavy atom. The molecule has 0 unspecified atom stereocenters. The Hall–Kier alpha value is -1.28. The van der Waals surface area contributed by atoms with E-state index in [1.54, 1.807) is 6.92 Å². The Balaban J connectivity index is 2.25. The van der Waals surface area contributed by atoms with Crippen LogP contribution in [0.4, 0.5) is 18.9 Å². The zero-order valence-electron chi connectivity index (χ0n) is 9.15. The van der Waals surface area contributed by atoms with Crippen LogP contribution >= 0.6 is 23.3 Å². The number of benzene rings is 1. The molecule has 2 aromatic rings. The first kappa shape index (κ1) is 13.2. The molecule has 0 fully saturated rings. The molecule has 0 bridgehead atoms. The van der Waals surface area contributed by atoms with Crippen LogP contribution in [0.5, 0.6) is 0 Å². The SMILES string of the molecule is Cc1nsc(Sc2ccc(C(F)(F)F)cc2N)n1. The third kappa shape index (κ3) is 2.94. The summed E-state index contributed by atoms with van der Waals surface area (Å²) >= 11 is 2.39. The summed E-state index contributed by atoms with van der Waals surface area (Å²) in [6, 6.07) is 3.28. The van der Waals surface area contributed by atoms with Crippen LogP contribution in [0.1, 0.15) is 11.4 Å². The fraction of sp³-hybridized carbons (Fsp3) is 0.200. The number of aryl methyl sites for hydroxylation is 1. The molecule has 0 amide bonds. The predicted octanol–water partition coefficient (Wildman–Crippen LogP) is 3.60. The van der Waals surface area contributed by atoms with Crippen molar-refractivity contribution in [3.8, 4) is 0 Å². The highest BCUT2D eigenvalue weighted by Crippen LogP contribution is 2.37. The highest BCUT2D eigenvalue weighted by molar-refractivity contribution is 8.01. The van der Waals surface area contributed by atoms with Gasteiger partial charge in [0.1, 0.15) is 5.82 Å². The molecule has 0 aliphatic carbocycles. The van der Waals surface area contributed by atoms with Crippen molar-refractivity contribution in [2.24, 2.45) is 0 Å². The number of nitrogens with two attached hydrogens (primary N) is 1. The molecule has 0 atom stereocenters. The second kappa shape index (κ2) is 4.77. The molecule has 0 spiro atoms. The molecule has 0 radical (unpaired) electrons. The van der Waals surface area contributed by atoms with Crippen LogP contribution in [-0.2, 0) is 6.18 Å². The summed E-state index contributed by atoms with van der Waals surface area (Å²) in [5.74, 6) is 0.632. The minimum Gasteiger partial charge on any atom is -0.398 e. The number of nitrogen functional groups attached to an aromatic ring is 1. The average molecular weight is 291 g/mol. The van der Waals surface area contributed by atoms with Crippen LogP contribution in [0.3, 0.4) is 0 Å². The number of rotatable bonds is 2. The van der Waals surface area contributed by atoms with Crippen LogP contribution < -0.4 is 5.73 Å². The molecular weight excluding hydrogens is 283 g/mol. The molecule has 8 heteroatoms. The summed E-state index contributed by atoms with van der Waals surface area (Å²) in [4.78, 5) is 4.65. The van der Waals surface area contributed by atoms with Gasteiger partial charge in [0.25, 0.3) is 0 Å². The van der Waals surface area contributed by atoms with Crippen molar-refractivity contribution in [1.29, 1.82) is 0 Å². The molecule has 0 saturated carbocycles. The number of hydrogen-bond acceptors (Lipinski definition) is 5. The van der Waals surface area contributed by atoms with Gasteiger partial charge in [0.15, 0.2) is 4.34 Å². The summed E-state index contributed by atoms with van der Waals surface area (Å²) in [5.41, 5.74) is 4.94. The van der Waals surface area contributed by atoms with Crippen LogP contribution in [0.15, 0.2) is 27.4 Å². The lowest BCUT2D eigenvalue weighted by Gasteiger charge is -2.09. The third-order valence-corrected chi connectivity index (χ3v) is 3.98. The van der Waals surface area contributed by atoms with E-state index in [1.165, 1.54) is 29.4 Å². The lowest BCUT2D eigenvalue weighted by Crippen LogP contribution is -2.05. The lowest BCUT2D eigenvalue weighted by molar-refractivity contribution is -0.137. The molecule has 0 saturated heterocycles. The van der Waals surface area contributed by atoms with Gasteiger partial charge in [0.2, 0.25) is 0 Å². The van der Waals surface area contributed by atoms with E-state index in [4.69, 9.17) is 5.73 Å². The van der Waals surface area contributed by atoms with Crippen molar-refractivity contribution >= 4 is 29.0 Å². The number of alkyl halides is 3. The number of nitrogens with zero attached hydrogens (tertiary/aromatic N) is 2. The standard InChI is InChI=1S/C10H8F3N3S2/c1-5-15-9(18-16-5)17-8-3-2-6(4-7(8)14)10(11,12)13/h2-4H,14H2,1H3. The Labute approximate surface area is 109 Å². The first-order valence-electron chi connectivity index (χ1n) is 4.81. The van der Waals surface area contributed by atoms with Gasteiger partial charge < -0.3 is 5.73 Å². The largest absolute Gasteiger partial charge is 0.416 e. The molecule has 96 valence electrons. The second-order valence-electron chi connectivity index (χ2n) is 3.46. The van der Waals surface area contributed by atoms with Gasteiger partial charge in [0.05, 0.1) is 5.56 Å². The van der Waals surface area contributed by atoms with E-state index in [0.717, 1.165) is 12.1 Å². The van der Waals surface area contributed by atoms with E-state index in [0.29, 0.717) is 15.1 Å². The molecular formula is C10H8F3N3S2. The van der Waals surface area contributed by atoms with Crippen molar-refractivity contribution in [1.82, 2.24) is 9.36 Å². The van der Waals surface area contributed by atoms with Crippen molar-refractivity contribution in [2.45, 2.75) is 22.3 Å². The second-order valence-corrected chi connectivity index (χ2v) is 5.50. The first-order chi connectivity index (χ1) is 8.36. The van der Waals surface area contributed by atoms with Crippen molar-refractivity contribution in [2.75, 3.05) is 5.73 Å². The van der Waals surface area contributed by atoms with E-state index in [9.17, 15) is 13.2 Å². The van der Waals surface area contributed by atoms with Crippen LogP contribution in [0.2, 0.25) is 0 Å². The predicted molar refractivity (Wildman–Crippen MR) is 64.6 cm³/mol. The smallest absolute Gasteiger partial charge is 0.398 e. The van der Waals surface area contributed by atoms with Crippen molar-refractivity contribution in [3.63, 3.8) is 0 Å². The molecule has 1 aromatic carbocycles. The number of hydrogen-bond donors (Lipinski definition) is 1. The molecule has 2 N–H and O–H groups in total. The Kier molecular flexibility index (Phi) is 3.49. The maximum atomic E-state index is 12.4. The van der Waals surface area contributed by atoms with Gasteiger partial charge in [-0.05, 0) is 36.7 Å². The normalized spacial score (nSPS) is 11.8. The van der Waals surface area contributed by atoms with E-state index in [2.05, 4.69) is 9.36 Å². The van der Waals surface area contributed by atoms with Crippen LogP contribution in [0, 0.1) is 6.92 Å². The molecule has 0 aliphatic heterocycles. The molecule has 0 aliphatic rings. The molecule has 3 nitrogen and oxygen atoms in total. The average Bonchev–Trinajstić information content (AvgIpc) is 2.65. The minimum atomic E-state index is -4.38. The maximum Gasteiger partial charge on any atom is 0.416 e. The van der Waals surface area contributed by atoms with Gasteiger partial charge in [0, 0.05) is 10.6 Å². The summed E-state index contributed by atoms with van der Waals surface area (Å²) in [7, 11) is 0. The molecule has 1 heterocycles. The Bertz CT molecular complexity index is 566. The molecule has 2 rings (SSSR count). The zero-order valence-corrected chi connectivity index (χ0v) is 10.8. The van der Waals surface area contributed by atoms with E-state index >= 15 is 0 Å². The van der Waals surface area contributed by atoms with E-state index in [-0.39, 0.29) is 5.69 Å². The van der Waals surface area contributed by atoms with Gasteiger partial charge in [-0.1, -0.05) is 11.8 Å². The number of aromatic nitrogens is 2. The number of anilines is 1. The maximum absolute atomic E-state index is 12.4. The third-order valence-electron chi connectivity index (χ3n) is 2.04. The molecule has 18 heavy (non-hydrogen) atoms. The fourth-order valence-electron chi connectivity index (χ4n) is 1.23. The quantitative estimate of drug-likeness (QED) is 0.859. The van der Waals surface area contributed by atoms with Crippen LogP contribution in [0.25, 0.3) is 0 Å². The van der Waals surface area contributed by atoms with Crippen LogP contribution in [-0.4, -0.2) is 9.36 Å². The van der Waals surface area contributed by atoms with Gasteiger partial charge in [-0.15, -0.1) is 0 Å². The monoisotopic (exact) mass is 291 g/mol. The van der Waals surface area contributed by atoms with E-state index < -0.39 is 11.7 Å². The van der Waals surface area contributed by atoms with E-state index in [1.807, 2.05) is 0 Å². The summed E-state index contributed by atoms with van der Waals surface area (Å²) in [6.45, 7) is 1.75. The zero-order chi connectivity index (χ0) is 13.3. The van der Waals surface area contributed by atoms with Gasteiger partial charge >= 0.3 is 6.18 Å². The minimum absolute atomic E-state index is 0.0858. The number of halogens is 3. The van der Waals surface area contributed by atoms with Gasteiger partial charge in [-0.3, -0.25) is 0 Å². The summed E-state index contributed by atoms with van der Waals surface area (Å²) in [6.07, 6.45) is -4.38. The van der Waals surface area contributed by atoms with Gasteiger partial charge in [-0.25, -0.2) is 4.98 Å². The topological polar surface area (TPSA) is 51.8 Å². The summed E-state index contributed by atoms with van der Waals surface area (Å²) < 4.78 is 42.0. The van der Waals surface area contributed by atoms with Crippen molar-refractivity contribution in [3.05, 3.63) is 29.6 Å². The Morgan fingerprint density at radius 3 is 2.56 bits per heavy atom. The van der Waals surface area contributed by atoms with Crippen molar-refractivity contribution < 1.29 is 13.2 Å². The van der Waals surface area contributed by atoms with Gasteiger partial charge in [-0.2, -0.15) is 17.5 Å². The summed E-state index contributed by atoms with van der Waals surface area (Å²) in [5, 5.41) is 0. The first-order valence-corrected chi connectivity index (χ1v) is 6.40. The molecule has 1 aromatic heterocycles. The highest BCUT2D eigenvalue weighted by atomic mass is 32.2. The fourth-order valence-corrected chi connectivity index (χ4v) is 2.86. The Morgan fingerprint density at radius 2 is 2.06 bits per heavy atom.